The van der Waals surface area contributed by atoms with E-state index < -0.39 is 0 Å². The van der Waals surface area contributed by atoms with Gasteiger partial charge < -0.3 is 15.2 Å². The summed E-state index contributed by atoms with van der Waals surface area (Å²) in [6.07, 6.45) is 8.09. The first-order chi connectivity index (χ1) is 9.33. The minimum atomic E-state index is 0.483. The quantitative estimate of drug-likeness (QED) is 0.877. The van der Waals surface area contributed by atoms with E-state index in [1.54, 1.807) is 0 Å². The van der Waals surface area contributed by atoms with E-state index >= 15 is 0 Å². The maximum absolute atomic E-state index is 4.36. The van der Waals surface area contributed by atoms with Crippen LogP contribution in [0.4, 0.5) is 5.82 Å². The van der Waals surface area contributed by atoms with Gasteiger partial charge >= 0.3 is 0 Å². The molecule has 2 N–H and O–H groups in total. The minimum absolute atomic E-state index is 0.483. The second kappa shape index (κ2) is 5.40. The lowest BCUT2D eigenvalue weighted by Gasteiger charge is -2.12. The number of nitrogens with zero attached hydrogens (tertiary/aromatic N) is 3. The Kier molecular flexibility index (Phi) is 3.46. The second-order valence-electron chi connectivity index (χ2n) is 4.93. The van der Waals surface area contributed by atoms with Gasteiger partial charge in [-0.05, 0) is 37.1 Å². The average molecular weight is 257 g/mol. The van der Waals surface area contributed by atoms with Gasteiger partial charge in [0, 0.05) is 31.7 Å². The van der Waals surface area contributed by atoms with E-state index in [0.29, 0.717) is 12.6 Å². The summed E-state index contributed by atoms with van der Waals surface area (Å²) in [6.45, 7) is 1.81. The fourth-order valence-electron chi connectivity index (χ4n) is 2.47. The molecule has 5 heteroatoms. The van der Waals surface area contributed by atoms with Crippen molar-refractivity contribution in [3.63, 3.8) is 0 Å². The molecule has 0 radical (unpaired) electrons. The molecule has 1 atom stereocenters. The van der Waals surface area contributed by atoms with Gasteiger partial charge in [0.1, 0.15) is 11.6 Å². The molecule has 100 valence electrons. The molecule has 19 heavy (non-hydrogen) atoms. The van der Waals surface area contributed by atoms with Crippen molar-refractivity contribution in [1.82, 2.24) is 19.9 Å². The summed E-state index contributed by atoms with van der Waals surface area (Å²) in [4.78, 5) is 8.66. The summed E-state index contributed by atoms with van der Waals surface area (Å²) in [6, 6.07) is 4.71. The van der Waals surface area contributed by atoms with Crippen LogP contribution >= 0.6 is 0 Å². The third kappa shape index (κ3) is 2.76. The van der Waals surface area contributed by atoms with Gasteiger partial charge in [-0.2, -0.15) is 0 Å². The average Bonchev–Trinajstić information content (AvgIpc) is 3.08. The van der Waals surface area contributed by atoms with E-state index in [1.165, 1.54) is 18.4 Å². The number of hydrogen-bond acceptors (Lipinski definition) is 4. The Morgan fingerprint density at radius 1 is 1.42 bits per heavy atom. The van der Waals surface area contributed by atoms with Crippen LogP contribution in [0, 0.1) is 0 Å². The number of rotatable bonds is 4. The summed E-state index contributed by atoms with van der Waals surface area (Å²) in [7, 11) is 2.00. The van der Waals surface area contributed by atoms with Crippen LogP contribution in [0.1, 0.15) is 30.3 Å². The maximum atomic E-state index is 4.36. The first kappa shape index (κ1) is 12.2. The Morgan fingerprint density at radius 3 is 3.11 bits per heavy atom. The normalized spacial score (nSPS) is 18.7. The largest absolute Gasteiger partial charge is 0.363 e. The maximum Gasteiger partial charge on any atom is 0.127 e. The topological polar surface area (TPSA) is 54.8 Å². The van der Waals surface area contributed by atoms with Gasteiger partial charge in [-0.1, -0.05) is 0 Å². The fourth-order valence-corrected chi connectivity index (χ4v) is 2.47. The van der Waals surface area contributed by atoms with Gasteiger partial charge in [0.2, 0.25) is 0 Å². The number of aryl methyl sites for hydroxylation is 1. The molecular formula is C14H19N5. The van der Waals surface area contributed by atoms with Crippen LogP contribution in [-0.4, -0.2) is 21.1 Å². The van der Waals surface area contributed by atoms with Crippen molar-refractivity contribution in [2.75, 3.05) is 11.9 Å². The lowest BCUT2D eigenvalue weighted by atomic mass is 10.1. The molecule has 1 saturated heterocycles. The summed E-state index contributed by atoms with van der Waals surface area (Å²) >= 11 is 0. The molecule has 3 heterocycles. The number of pyridine rings is 1. The standard InChI is InChI=1S/C14H19N5/c1-19-8-7-17-14(19)10-18-13-9-11(4-6-16-13)12-3-2-5-15-12/h4,6-9,12,15H,2-3,5,10H2,1H3,(H,16,18)/t12-/m1/s1. The molecule has 5 nitrogen and oxygen atoms in total. The van der Waals surface area contributed by atoms with E-state index in [1.807, 2.05) is 30.2 Å². The molecule has 0 bridgehead atoms. The number of anilines is 1. The highest BCUT2D eigenvalue weighted by Crippen LogP contribution is 2.24. The highest BCUT2D eigenvalue weighted by Gasteiger charge is 2.16. The van der Waals surface area contributed by atoms with Gasteiger partial charge in [0.05, 0.1) is 6.54 Å². The zero-order valence-electron chi connectivity index (χ0n) is 11.1. The van der Waals surface area contributed by atoms with Gasteiger partial charge in [0.15, 0.2) is 0 Å². The van der Waals surface area contributed by atoms with Crippen LogP contribution in [-0.2, 0) is 13.6 Å². The molecule has 1 fully saturated rings. The minimum Gasteiger partial charge on any atom is -0.363 e. The molecule has 0 spiro atoms. The van der Waals surface area contributed by atoms with E-state index in [0.717, 1.165) is 18.2 Å². The molecule has 3 rings (SSSR count). The molecule has 0 unspecified atom stereocenters. The van der Waals surface area contributed by atoms with Gasteiger partial charge in [-0.15, -0.1) is 0 Å². The summed E-state index contributed by atoms with van der Waals surface area (Å²) in [5.41, 5.74) is 1.31. The predicted molar refractivity (Wildman–Crippen MR) is 74.7 cm³/mol. The monoisotopic (exact) mass is 257 g/mol. The van der Waals surface area contributed by atoms with Crippen LogP contribution in [0.3, 0.4) is 0 Å². The van der Waals surface area contributed by atoms with Crippen LogP contribution < -0.4 is 10.6 Å². The Balaban J connectivity index is 1.67. The molecule has 0 aromatic carbocycles. The third-order valence-corrected chi connectivity index (χ3v) is 3.60. The first-order valence-electron chi connectivity index (χ1n) is 6.72. The Bertz CT molecular complexity index is 542. The first-order valence-corrected chi connectivity index (χ1v) is 6.72. The zero-order chi connectivity index (χ0) is 13.1. The van der Waals surface area contributed by atoms with Gasteiger partial charge in [-0.3, -0.25) is 0 Å². The molecule has 0 amide bonds. The highest BCUT2D eigenvalue weighted by molar-refractivity contribution is 5.39. The van der Waals surface area contributed by atoms with E-state index in [2.05, 4.69) is 32.7 Å². The van der Waals surface area contributed by atoms with Crippen molar-refractivity contribution in [1.29, 1.82) is 0 Å². The van der Waals surface area contributed by atoms with Crippen molar-refractivity contribution in [3.8, 4) is 0 Å². The highest BCUT2D eigenvalue weighted by atomic mass is 15.1. The second-order valence-corrected chi connectivity index (χ2v) is 4.93. The Labute approximate surface area is 113 Å². The molecule has 0 aliphatic carbocycles. The fraction of sp³-hybridized carbons (Fsp3) is 0.429. The van der Waals surface area contributed by atoms with E-state index in [9.17, 15) is 0 Å². The van der Waals surface area contributed by atoms with Crippen molar-refractivity contribution >= 4 is 5.82 Å². The molecule has 0 saturated carbocycles. The summed E-state index contributed by atoms with van der Waals surface area (Å²) < 4.78 is 2.01. The summed E-state index contributed by atoms with van der Waals surface area (Å²) in [5.74, 6) is 1.92. The molecule has 2 aromatic rings. The van der Waals surface area contributed by atoms with E-state index in [-0.39, 0.29) is 0 Å². The van der Waals surface area contributed by atoms with Crippen LogP contribution in [0.25, 0.3) is 0 Å². The van der Waals surface area contributed by atoms with Gasteiger partial charge in [-0.25, -0.2) is 9.97 Å². The third-order valence-electron chi connectivity index (χ3n) is 3.60. The number of nitrogens with one attached hydrogen (secondary N) is 2. The van der Waals surface area contributed by atoms with E-state index in [4.69, 9.17) is 0 Å². The number of imidazole rings is 1. The lowest BCUT2D eigenvalue weighted by molar-refractivity contribution is 0.647. The Hall–Kier alpha value is -1.88. The smallest absolute Gasteiger partial charge is 0.127 e. The van der Waals surface area contributed by atoms with Crippen LogP contribution in [0.15, 0.2) is 30.7 Å². The Morgan fingerprint density at radius 2 is 2.37 bits per heavy atom. The van der Waals surface area contributed by atoms with Gasteiger partial charge in [0.25, 0.3) is 0 Å². The SMILES string of the molecule is Cn1ccnc1CNc1cc([C@H]2CCCN2)ccn1. The predicted octanol–water partition coefficient (Wildman–Crippen LogP) is 1.85. The van der Waals surface area contributed by atoms with Crippen LogP contribution in [0.2, 0.25) is 0 Å². The lowest BCUT2D eigenvalue weighted by Crippen LogP contribution is -2.13. The van der Waals surface area contributed by atoms with Crippen molar-refractivity contribution < 1.29 is 0 Å². The molecular weight excluding hydrogens is 238 g/mol. The molecule has 1 aliphatic rings. The molecule has 2 aromatic heterocycles. The van der Waals surface area contributed by atoms with Crippen molar-refractivity contribution in [2.45, 2.75) is 25.4 Å². The van der Waals surface area contributed by atoms with Crippen molar-refractivity contribution in [3.05, 3.63) is 42.1 Å². The van der Waals surface area contributed by atoms with Crippen LogP contribution in [0.5, 0.6) is 0 Å². The number of hydrogen-bond donors (Lipinski definition) is 2. The number of aromatic nitrogens is 3. The summed E-state index contributed by atoms with van der Waals surface area (Å²) in [5, 5.41) is 6.84. The zero-order valence-corrected chi connectivity index (χ0v) is 11.1. The van der Waals surface area contributed by atoms with Crippen molar-refractivity contribution in [2.24, 2.45) is 7.05 Å². The molecule has 1 aliphatic heterocycles.